The van der Waals surface area contributed by atoms with E-state index in [1.807, 2.05) is 27.7 Å². The van der Waals surface area contributed by atoms with Gasteiger partial charge in [-0.25, -0.2) is 4.39 Å². The molecule has 0 amide bonds. The number of thioether (sulfide) groups is 1. The molecule has 0 unspecified atom stereocenters. The van der Waals surface area contributed by atoms with E-state index in [9.17, 15) is 22.4 Å². The fourth-order valence-corrected chi connectivity index (χ4v) is 2.97. The molecule has 10 heteroatoms. The van der Waals surface area contributed by atoms with Crippen LogP contribution in [0.3, 0.4) is 0 Å². The fraction of sp³-hybridized carbons (Fsp3) is 0.500. The fourth-order valence-electron chi connectivity index (χ4n) is 2.39. The molecular weight excluding hydrogens is 399 g/mol. The minimum Gasteiger partial charge on any atom is -0.403 e. The molecule has 0 bridgehead atoms. The van der Waals surface area contributed by atoms with Crippen LogP contribution in [0.4, 0.5) is 17.6 Å². The van der Waals surface area contributed by atoms with Crippen LogP contribution in [0, 0.1) is 5.82 Å². The molecule has 0 saturated carbocycles. The number of halogens is 4. The van der Waals surface area contributed by atoms with E-state index < -0.39 is 36.2 Å². The Bertz CT molecular complexity index is 761. The topological polar surface area (TPSA) is 44.8 Å². The van der Waals surface area contributed by atoms with Crippen molar-refractivity contribution >= 4 is 30.1 Å². The van der Waals surface area contributed by atoms with Crippen LogP contribution in [0.2, 0.25) is 0 Å². The third kappa shape index (κ3) is 5.74. The van der Waals surface area contributed by atoms with Crippen LogP contribution in [0.25, 0.3) is 6.08 Å². The van der Waals surface area contributed by atoms with Gasteiger partial charge in [0.25, 0.3) is 0 Å². The Kier molecular flexibility index (Phi) is 6.57. The molecule has 1 aliphatic heterocycles. The molecule has 0 N–H and O–H groups in total. The Balaban J connectivity index is 2.32. The highest BCUT2D eigenvalue weighted by molar-refractivity contribution is 8.13. The number of carbonyl (C=O) groups excluding carboxylic acids is 1. The molecule has 154 valence electrons. The first-order valence-electron chi connectivity index (χ1n) is 8.45. The van der Waals surface area contributed by atoms with Gasteiger partial charge in [0.05, 0.1) is 11.2 Å². The third-order valence-corrected chi connectivity index (χ3v) is 5.42. The van der Waals surface area contributed by atoms with E-state index in [1.165, 1.54) is 13.0 Å². The largest absolute Gasteiger partial charge is 0.573 e. The minimum atomic E-state index is -4.98. The molecular formula is C18H21BF4O4S. The maximum atomic E-state index is 14.0. The van der Waals surface area contributed by atoms with Gasteiger partial charge in [0, 0.05) is 12.7 Å². The lowest BCUT2D eigenvalue weighted by Gasteiger charge is -2.32. The van der Waals surface area contributed by atoms with Crippen LogP contribution < -0.4 is 4.74 Å². The maximum Gasteiger partial charge on any atom is 0.573 e. The number of carbonyl (C=O) groups is 1. The zero-order chi connectivity index (χ0) is 21.3. The molecule has 28 heavy (non-hydrogen) atoms. The molecule has 1 aromatic carbocycles. The molecule has 0 radical (unpaired) electrons. The average Bonchev–Trinajstić information content (AvgIpc) is 2.73. The van der Waals surface area contributed by atoms with Gasteiger partial charge in [0.2, 0.25) is 0 Å². The van der Waals surface area contributed by atoms with Gasteiger partial charge < -0.3 is 14.0 Å². The number of hydrogen-bond acceptors (Lipinski definition) is 5. The van der Waals surface area contributed by atoms with Gasteiger partial charge in [-0.15, -0.1) is 13.2 Å². The summed E-state index contributed by atoms with van der Waals surface area (Å²) in [4.78, 5) is 11.4. The second-order valence-corrected chi connectivity index (χ2v) is 8.48. The van der Waals surface area contributed by atoms with Crippen molar-refractivity contribution in [2.24, 2.45) is 0 Å². The zero-order valence-corrected chi connectivity index (χ0v) is 17.0. The van der Waals surface area contributed by atoms with E-state index in [0.717, 1.165) is 23.9 Å². The molecule has 0 spiro atoms. The molecule has 0 atom stereocenters. The minimum absolute atomic E-state index is 0.123. The number of benzene rings is 1. The lowest BCUT2D eigenvalue weighted by Crippen LogP contribution is -2.41. The van der Waals surface area contributed by atoms with Crippen molar-refractivity contribution in [3.8, 4) is 5.75 Å². The summed E-state index contributed by atoms with van der Waals surface area (Å²) in [6, 6.07) is 3.10. The molecule has 1 aliphatic rings. The molecule has 1 heterocycles. The van der Waals surface area contributed by atoms with E-state index in [1.54, 1.807) is 6.08 Å². The monoisotopic (exact) mass is 420 g/mol. The Morgan fingerprint density at radius 1 is 1.21 bits per heavy atom. The summed E-state index contributed by atoms with van der Waals surface area (Å²) in [5, 5.41) is -0.123. The molecule has 2 rings (SSSR count). The normalized spacial score (nSPS) is 19.0. The second kappa shape index (κ2) is 8.08. The van der Waals surface area contributed by atoms with Crippen molar-refractivity contribution in [3.05, 3.63) is 35.1 Å². The Morgan fingerprint density at radius 2 is 1.79 bits per heavy atom. The van der Waals surface area contributed by atoms with Gasteiger partial charge in [-0.05, 0) is 50.9 Å². The Hall–Kier alpha value is -1.52. The molecule has 1 fully saturated rings. The van der Waals surface area contributed by atoms with Crippen LogP contribution in [-0.4, -0.2) is 35.6 Å². The van der Waals surface area contributed by atoms with E-state index in [0.29, 0.717) is 11.0 Å². The van der Waals surface area contributed by atoms with Crippen LogP contribution in [0.1, 0.15) is 40.2 Å². The first kappa shape index (κ1) is 22.8. The van der Waals surface area contributed by atoms with Crippen molar-refractivity contribution in [2.75, 3.05) is 5.75 Å². The molecule has 4 nitrogen and oxygen atoms in total. The summed E-state index contributed by atoms with van der Waals surface area (Å²) >= 11 is 1.03. The lowest BCUT2D eigenvalue weighted by atomic mass is 9.78. The van der Waals surface area contributed by atoms with Crippen molar-refractivity contribution in [1.82, 2.24) is 0 Å². The zero-order valence-electron chi connectivity index (χ0n) is 16.1. The average molecular weight is 420 g/mol. The summed E-state index contributed by atoms with van der Waals surface area (Å²) in [5.41, 5.74) is -0.385. The molecule has 1 aromatic rings. The standard InChI is InChI=1S/C18H21BF4O4S/c1-11(24)28-10-13(19-26-16(2,3)17(4,5)27-19)8-12-6-7-15(14(20)9-12)25-18(21,22)23/h6-9H,10H2,1-5H3. The van der Waals surface area contributed by atoms with E-state index >= 15 is 0 Å². The summed E-state index contributed by atoms with van der Waals surface area (Å²) < 4.78 is 66.4. The van der Waals surface area contributed by atoms with Crippen molar-refractivity contribution in [2.45, 2.75) is 52.2 Å². The molecule has 0 aliphatic carbocycles. The second-order valence-electron chi connectivity index (χ2n) is 7.33. The van der Waals surface area contributed by atoms with Crippen LogP contribution in [0.5, 0.6) is 5.75 Å². The van der Waals surface area contributed by atoms with E-state index in [2.05, 4.69) is 4.74 Å². The van der Waals surface area contributed by atoms with Gasteiger partial charge in [-0.3, -0.25) is 4.79 Å². The Labute approximate surface area is 165 Å². The highest BCUT2D eigenvalue weighted by Gasteiger charge is 2.52. The lowest BCUT2D eigenvalue weighted by molar-refractivity contribution is -0.275. The van der Waals surface area contributed by atoms with Gasteiger partial charge in [0.1, 0.15) is 0 Å². The summed E-state index contributed by atoms with van der Waals surface area (Å²) in [6.07, 6.45) is -3.44. The predicted molar refractivity (Wildman–Crippen MR) is 100 cm³/mol. The van der Waals surface area contributed by atoms with Crippen molar-refractivity contribution in [1.29, 1.82) is 0 Å². The highest BCUT2D eigenvalue weighted by Crippen LogP contribution is 2.39. The van der Waals surface area contributed by atoms with Crippen LogP contribution in [0.15, 0.2) is 23.7 Å². The summed E-state index contributed by atoms with van der Waals surface area (Å²) in [5.74, 6) is -1.84. The van der Waals surface area contributed by atoms with E-state index in [-0.39, 0.29) is 10.9 Å². The quantitative estimate of drug-likeness (QED) is 0.495. The summed E-state index contributed by atoms with van der Waals surface area (Å²) in [7, 11) is -0.772. The maximum absolute atomic E-state index is 14.0. The van der Waals surface area contributed by atoms with Crippen molar-refractivity contribution in [3.63, 3.8) is 0 Å². The first-order chi connectivity index (χ1) is 12.7. The van der Waals surface area contributed by atoms with Gasteiger partial charge in [-0.2, -0.15) is 0 Å². The van der Waals surface area contributed by atoms with Crippen LogP contribution in [-0.2, 0) is 14.1 Å². The van der Waals surface area contributed by atoms with Gasteiger partial charge >= 0.3 is 13.5 Å². The summed E-state index contributed by atoms with van der Waals surface area (Å²) in [6.45, 7) is 8.88. The predicted octanol–water partition coefficient (Wildman–Crippen LogP) is 5.02. The van der Waals surface area contributed by atoms with Gasteiger partial charge in [-0.1, -0.05) is 23.9 Å². The smallest absolute Gasteiger partial charge is 0.403 e. The number of alkyl halides is 3. The number of rotatable bonds is 5. The van der Waals surface area contributed by atoms with Gasteiger partial charge in [0.15, 0.2) is 16.7 Å². The van der Waals surface area contributed by atoms with Crippen LogP contribution >= 0.6 is 11.8 Å². The number of ether oxygens (including phenoxy) is 1. The molecule has 0 aromatic heterocycles. The number of hydrogen-bond donors (Lipinski definition) is 0. The van der Waals surface area contributed by atoms with Crippen molar-refractivity contribution < 1.29 is 36.4 Å². The first-order valence-corrected chi connectivity index (χ1v) is 9.43. The Morgan fingerprint density at radius 3 is 2.25 bits per heavy atom. The SMILES string of the molecule is CC(=O)SCC(=Cc1ccc(OC(F)(F)F)c(F)c1)B1OC(C)(C)C(C)(C)O1. The molecule has 1 saturated heterocycles. The third-order valence-electron chi connectivity index (χ3n) is 4.53. The highest BCUT2D eigenvalue weighted by atomic mass is 32.2. The van der Waals surface area contributed by atoms with E-state index in [4.69, 9.17) is 9.31 Å².